The molecule has 0 saturated carbocycles. The van der Waals surface area contributed by atoms with Crippen molar-refractivity contribution in [1.29, 1.82) is 0 Å². The molecule has 0 aliphatic rings. The van der Waals surface area contributed by atoms with Crippen LogP contribution >= 0.6 is 11.6 Å². The summed E-state index contributed by atoms with van der Waals surface area (Å²) in [5.74, 6) is 1.77. The molecule has 0 aromatic heterocycles. The first-order valence-electron chi connectivity index (χ1n) is 10.0. The van der Waals surface area contributed by atoms with Crippen LogP contribution in [0.3, 0.4) is 0 Å². The smallest absolute Gasteiger partial charge is 0.303 e. The third-order valence-electron chi connectivity index (χ3n) is 4.89. The van der Waals surface area contributed by atoms with Crippen molar-refractivity contribution in [2.24, 2.45) is 5.92 Å². The van der Waals surface area contributed by atoms with E-state index in [1.807, 2.05) is 43.3 Å². The van der Waals surface area contributed by atoms with E-state index in [1.54, 1.807) is 0 Å². The van der Waals surface area contributed by atoms with Crippen LogP contribution in [0.4, 0.5) is 4.39 Å². The molecule has 2 rings (SSSR count). The zero-order chi connectivity index (χ0) is 22.1. The molecular weight excluding hydrogens is 407 g/mol. The van der Waals surface area contributed by atoms with Gasteiger partial charge < -0.3 is 14.2 Å². The minimum atomic E-state index is -0.897. The maximum absolute atomic E-state index is 12.9. The fourth-order valence-electron chi connectivity index (χ4n) is 2.92. The molecule has 6 heteroatoms. The Labute approximate surface area is 183 Å². The Hall–Kier alpha value is -2.27. The van der Waals surface area contributed by atoms with Crippen molar-refractivity contribution >= 4 is 17.6 Å². The molecule has 164 valence electrons. The topological polar surface area (TPSA) is 44.8 Å². The van der Waals surface area contributed by atoms with Crippen molar-refractivity contribution in [1.82, 2.24) is 0 Å². The predicted molar refractivity (Wildman–Crippen MR) is 117 cm³/mol. The lowest BCUT2D eigenvalue weighted by Gasteiger charge is -2.26. The number of carbonyl (C=O) groups excluding carboxylic acids is 1. The maximum atomic E-state index is 12.9. The molecule has 0 amide bonds. The average Bonchev–Trinajstić information content (AvgIpc) is 2.75. The summed E-state index contributed by atoms with van der Waals surface area (Å²) >= 11 is 5.82. The van der Waals surface area contributed by atoms with E-state index in [1.165, 1.54) is 6.92 Å². The maximum Gasteiger partial charge on any atom is 0.303 e. The van der Waals surface area contributed by atoms with Crippen LogP contribution in [0, 0.1) is 5.92 Å². The Bertz CT molecular complexity index is 790. The molecule has 2 aromatic rings. The fraction of sp³-hybridized carbons (Fsp3) is 0.458. The van der Waals surface area contributed by atoms with Gasteiger partial charge in [0.05, 0.1) is 6.61 Å². The van der Waals surface area contributed by atoms with Crippen molar-refractivity contribution in [2.45, 2.75) is 39.2 Å². The van der Waals surface area contributed by atoms with Crippen molar-refractivity contribution < 1.29 is 23.4 Å². The largest absolute Gasteiger partial charge is 0.493 e. The molecule has 0 fully saturated rings. The number of halogens is 2. The van der Waals surface area contributed by atoms with E-state index < -0.39 is 18.7 Å². The Kier molecular flexibility index (Phi) is 8.97. The van der Waals surface area contributed by atoms with Gasteiger partial charge in [-0.05, 0) is 35.4 Å². The van der Waals surface area contributed by atoms with Gasteiger partial charge in [0.15, 0.2) is 6.10 Å². The summed E-state index contributed by atoms with van der Waals surface area (Å²) in [6.45, 7) is 7.37. The zero-order valence-electron chi connectivity index (χ0n) is 18.0. The van der Waals surface area contributed by atoms with E-state index in [0.717, 1.165) is 16.9 Å². The minimum absolute atomic E-state index is 0.0252. The van der Waals surface area contributed by atoms with Crippen LogP contribution in [0.1, 0.15) is 38.8 Å². The SMILES string of the molecule is CC(=O)O[C@@H](CF)COc1ccc(C(C)(C)c2ccc(OC[C@@H](C)CCl)cc2)cc1. The normalized spacial score (nSPS) is 13.4. The molecule has 0 unspecified atom stereocenters. The van der Waals surface area contributed by atoms with E-state index in [-0.39, 0.29) is 12.0 Å². The number of ether oxygens (including phenoxy) is 3. The van der Waals surface area contributed by atoms with Gasteiger partial charge >= 0.3 is 5.97 Å². The monoisotopic (exact) mass is 436 g/mol. The number of alkyl halides is 2. The summed E-state index contributed by atoms with van der Waals surface area (Å²) in [5.41, 5.74) is 2.04. The van der Waals surface area contributed by atoms with Crippen molar-refractivity contribution in [2.75, 3.05) is 25.8 Å². The van der Waals surface area contributed by atoms with Crippen LogP contribution in [-0.4, -0.2) is 37.8 Å². The molecule has 0 radical (unpaired) electrons. The van der Waals surface area contributed by atoms with Crippen molar-refractivity contribution in [3.05, 3.63) is 59.7 Å². The van der Waals surface area contributed by atoms with Gasteiger partial charge in [0.2, 0.25) is 0 Å². The number of carbonyl (C=O) groups is 1. The summed E-state index contributed by atoms with van der Waals surface area (Å²) in [6, 6.07) is 15.7. The number of rotatable bonds is 11. The second-order valence-electron chi connectivity index (χ2n) is 7.94. The minimum Gasteiger partial charge on any atom is -0.493 e. The van der Waals surface area contributed by atoms with Crippen molar-refractivity contribution in [3.8, 4) is 11.5 Å². The summed E-state index contributed by atoms with van der Waals surface area (Å²) in [5, 5.41) is 0. The van der Waals surface area contributed by atoms with E-state index >= 15 is 0 Å². The molecule has 0 N–H and O–H groups in total. The first-order chi connectivity index (χ1) is 14.3. The molecule has 0 saturated heterocycles. The van der Waals surface area contributed by atoms with Crippen LogP contribution in [0.15, 0.2) is 48.5 Å². The Morgan fingerprint density at radius 1 is 0.967 bits per heavy atom. The third-order valence-corrected chi connectivity index (χ3v) is 5.42. The van der Waals surface area contributed by atoms with Gasteiger partial charge in [-0.2, -0.15) is 0 Å². The first kappa shape index (κ1) is 24.0. The van der Waals surface area contributed by atoms with E-state index in [9.17, 15) is 9.18 Å². The first-order valence-corrected chi connectivity index (χ1v) is 10.6. The third kappa shape index (κ3) is 6.91. The highest BCUT2D eigenvalue weighted by Crippen LogP contribution is 2.33. The Balaban J connectivity index is 2.01. The Morgan fingerprint density at radius 2 is 1.43 bits per heavy atom. The van der Waals surface area contributed by atoms with Gasteiger partial charge in [0, 0.05) is 24.1 Å². The molecular formula is C24H30ClFO4. The molecule has 30 heavy (non-hydrogen) atoms. The molecule has 0 heterocycles. The van der Waals surface area contributed by atoms with E-state index in [2.05, 4.69) is 26.0 Å². The fourth-order valence-corrected chi connectivity index (χ4v) is 3.01. The van der Waals surface area contributed by atoms with Gasteiger partial charge in [-0.15, -0.1) is 11.6 Å². The highest BCUT2D eigenvalue weighted by atomic mass is 35.5. The number of esters is 1. The van der Waals surface area contributed by atoms with Gasteiger partial charge in [-0.25, -0.2) is 4.39 Å². The average molecular weight is 437 g/mol. The molecule has 0 aliphatic heterocycles. The number of hydrogen-bond acceptors (Lipinski definition) is 4. The molecule has 0 aliphatic carbocycles. The van der Waals surface area contributed by atoms with Gasteiger partial charge in [0.25, 0.3) is 0 Å². The summed E-state index contributed by atoms with van der Waals surface area (Å²) < 4.78 is 29.1. The second kappa shape index (κ2) is 11.2. The summed E-state index contributed by atoms with van der Waals surface area (Å²) in [4.78, 5) is 11.0. The molecule has 2 atom stereocenters. The van der Waals surface area contributed by atoms with Crippen molar-refractivity contribution in [3.63, 3.8) is 0 Å². The number of benzene rings is 2. The summed E-state index contributed by atoms with van der Waals surface area (Å²) in [7, 11) is 0. The van der Waals surface area contributed by atoms with Crippen LogP contribution in [-0.2, 0) is 14.9 Å². The lowest BCUT2D eigenvalue weighted by Crippen LogP contribution is -2.26. The van der Waals surface area contributed by atoms with Crippen LogP contribution in [0.25, 0.3) is 0 Å². The standard InChI is InChI=1S/C24H30ClFO4/c1-17(13-25)15-28-21-9-5-19(6-10-21)24(3,4)20-7-11-22(12-8-20)29-16-23(14-26)30-18(2)27/h5-12,17,23H,13-16H2,1-4H3/t17-,23-/m0/s1. The van der Waals surface area contributed by atoms with Gasteiger partial charge in [-0.1, -0.05) is 45.0 Å². The second-order valence-corrected chi connectivity index (χ2v) is 8.25. The lowest BCUT2D eigenvalue weighted by molar-refractivity contribution is -0.148. The van der Waals surface area contributed by atoms with Gasteiger partial charge in [0.1, 0.15) is 24.8 Å². The predicted octanol–water partition coefficient (Wildman–Crippen LogP) is 5.55. The van der Waals surface area contributed by atoms with Crippen LogP contribution < -0.4 is 9.47 Å². The lowest BCUT2D eigenvalue weighted by atomic mass is 9.78. The highest BCUT2D eigenvalue weighted by molar-refractivity contribution is 6.18. The Morgan fingerprint density at radius 3 is 1.83 bits per heavy atom. The number of hydrogen-bond donors (Lipinski definition) is 0. The molecule has 2 aromatic carbocycles. The van der Waals surface area contributed by atoms with E-state index in [4.69, 9.17) is 25.8 Å². The van der Waals surface area contributed by atoms with E-state index in [0.29, 0.717) is 24.2 Å². The van der Waals surface area contributed by atoms with Crippen LogP contribution in [0.2, 0.25) is 0 Å². The zero-order valence-corrected chi connectivity index (χ0v) is 18.7. The molecule has 4 nitrogen and oxygen atoms in total. The van der Waals surface area contributed by atoms with Crippen LogP contribution in [0.5, 0.6) is 11.5 Å². The molecule has 0 bridgehead atoms. The molecule has 0 spiro atoms. The quantitative estimate of drug-likeness (QED) is 0.342. The summed E-state index contributed by atoms with van der Waals surface area (Å²) in [6.07, 6.45) is -0.897. The highest BCUT2D eigenvalue weighted by Gasteiger charge is 2.23. The van der Waals surface area contributed by atoms with Gasteiger partial charge in [-0.3, -0.25) is 4.79 Å².